The molecule has 0 bridgehead atoms. The highest BCUT2D eigenvalue weighted by atomic mass is 16.4. The van der Waals surface area contributed by atoms with Gasteiger partial charge in [0.05, 0.1) is 12.5 Å². The van der Waals surface area contributed by atoms with Gasteiger partial charge in [0.2, 0.25) is 5.91 Å². The van der Waals surface area contributed by atoms with Gasteiger partial charge in [0.25, 0.3) is 0 Å². The monoisotopic (exact) mass is 327 g/mol. The van der Waals surface area contributed by atoms with Gasteiger partial charge in [0.15, 0.2) is 0 Å². The van der Waals surface area contributed by atoms with Crippen molar-refractivity contribution in [3.63, 3.8) is 0 Å². The summed E-state index contributed by atoms with van der Waals surface area (Å²) in [5.74, 6) is -1.06. The van der Waals surface area contributed by atoms with Crippen molar-refractivity contribution >= 4 is 11.9 Å². The van der Waals surface area contributed by atoms with Gasteiger partial charge in [-0.25, -0.2) is 0 Å². The van der Waals surface area contributed by atoms with E-state index in [1.807, 2.05) is 0 Å². The topological polar surface area (TPSA) is 84.3 Å². The van der Waals surface area contributed by atoms with E-state index in [-0.39, 0.29) is 24.8 Å². The Labute approximate surface area is 137 Å². The molecule has 0 aromatic rings. The van der Waals surface area contributed by atoms with Gasteiger partial charge in [0.1, 0.15) is 0 Å². The molecule has 2 heterocycles. The van der Waals surface area contributed by atoms with E-state index in [2.05, 4.69) is 16.8 Å². The molecule has 2 atom stereocenters. The highest BCUT2D eigenvalue weighted by molar-refractivity contribution is 5.80. The molecule has 132 valence electrons. The second kappa shape index (κ2) is 8.61. The van der Waals surface area contributed by atoms with Crippen molar-refractivity contribution in [1.29, 1.82) is 0 Å². The maximum Gasteiger partial charge on any atom is 0.303 e. The summed E-state index contributed by atoms with van der Waals surface area (Å²) < 4.78 is 0. The van der Waals surface area contributed by atoms with Crippen LogP contribution in [0.15, 0.2) is 0 Å². The first-order valence-electron chi connectivity index (χ1n) is 8.57. The lowest BCUT2D eigenvalue weighted by atomic mass is 10.0. The van der Waals surface area contributed by atoms with Gasteiger partial charge in [-0.2, -0.15) is 0 Å². The van der Waals surface area contributed by atoms with Crippen molar-refractivity contribution in [2.24, 2.45) is 0 Å². The van der Waals surface area contributed by atoms with Crippen molar-refractivity contribution in [3.05, 3.63) is 0 Å². The Balaban J connectivity index is 1.89. The van der Waals surface area contributed by atoms with Crippen molar-refractivity contribution in [2.75, 3.05) is 46.3 Å². The SMILES string of the molecule is CN1CCCN([C@H]2CCN(C(=O)CCC(=O)O)CC[C@@H]2O)CC1. The van der Waals surface area contributed by atoms with E-state index in [0.717, 1.165) is 39.0 Å². The first kappa shape index (κ1) is 18.2. The number of carbonyl (C=O) groups is 2. The largest absolute Gasteiger partial charge is 0.481 e. The smallest absolute Gasteiger partial charge is 0.303 e. The quantitative estimate of drug-likeness (QED) is 0.746. The molecular weight excluding hydrogens is 298 g/mol. The summed E-state index contributed by atoms with van der Waals surface area (Å²) in [5.41, 5.74) is 0. The van der Waals surface area contributed by atoms with Crippen LogP contribution in [0.3, 0.4) is 0 Å². The Morgan fingerprint density at radius 3 is 2.48 bits per heavy atom. The molecule has 2 N–H and O–H groups in total. The van der Waals surface area contributed by atoms with Crippen LogP contribution in [0, 0.1) is 0 Å². The fraction of sp³-hybridized carbons (Fsp3) is 0.875. The molecular formula is C16H29N3O4. The highest BCUT2D eigenvalue weighted by Crippen LogP contribution is 2.20. The van der Waals surface area contributed by atoms with Gasteiger partial charge in [-0.15, -0.1) is 0 Å². The number of aliphatic hydroxyl groups is 1. The molecule has 0 saturated carbocycles. The fourth-order valence-corrected chi connectivity index (χ4v) is 3.52. The maximum absolute atomic E-state index is 12.1. The van der Waals surface area contributed by atoms with Crippen molar-refractivity contribution in [1.82, 2.24) is 14.7 Å². The number of carboxylic acids is 1. The zero-order valence-electron chi connectivity index (χ0n) is 14.0. The molecule has 2 aliphatic heterocycles. The molecule has 7 heteroatoms. The summed E-state index contributed by atoms with van der Waals surface area (Å²) in [4.78, 5) is 29.1. The molecule has 23 heavy (non-hydrogen) atoms. The predicted molar refractivity (Wildman–Crippen MR) is 86.2 cm³/mol. The summed E-state index contributed by atoms with van der Waals surface area (Å²) >= 11 is 0. The lowest BCUT2D eigenvalue weighted by Gasteiger charge is -2.32. The molecule has 7 nitrogen and oxygen atoms in total. The molecule has 0 unspecified atom stereocenters. The van der Waals surface area contributed by atoms with Crippen molar-refractivity contribution in [3.8, 4) is 0 Å². The number of likely N-dealkylation sites (N-methyl/N-ethyl adjacent to an activating group) is 1. The zero-order valence-corrected chi connectivity index (χ0v) is 14.0. The van der Waals surface area contributed by atoms with E-state index < -0.39 is 12.1 Å². The first-order chi connectivity index (χ1) is 11.0. The number of carboxylic acid groups (broad SMARTS) is 1. The number of likely N-dealkylation sites (tertiary alicyclic amines) is 1. The minimum atomic E-state index is -0.945. The van der Waals surface area contributed by atoms with Crippen molar-refractivity contribution in [2.45, 2.75) is 44.2 Å². The van der Waals surface area contributed by atoms with Gasteiger partial charge < -0.3 is 20.0 Å². The maximum atomic E-state index is 12.1. The lowest BCUT2D eigenvalue weighted by Crippen LogP contribution is -2.45. The zero-order chi connectivity index (χ0) is 16.8. The lowest BCUT2D eigenvalue weighted by molar-refractivity contribution is -0.140. The second-order valence-corrected chi connectivity index (χ2v) is 6.68. The van der Waals surface area contributed by atoms with Crippen LogP contribution in [0.5, 0.6) is 0 Å². The summed E-state index contributed by atoms with van der Waals surface area (Å²) in [7, 11) is 2.12. The molecule has 1 amide bonds. The van der Waals surface area contributed by atoms with Crippen LogP contribution in [0.1, 0.15) is 32.1 Å². The van der Waals surface area contributed by atoms with Crippen LogP contribution in [0.2, 0.25) is 0 Å². The van der Waals surface area contributed by atoms with E-state index in [0.29, 0.717) is 19.5 Å². The Morgan fingerprint density at radius 2 is 1.74 bits per heavy atom. The Kier molecular flexibility index (Phi) is 6.80. The Bertz CT molecular complexity index is 418. The van der Waals surface area contributed by atoms with Crippen LogP contribution in [-0.2, 0) is 9.59 Å². The van der Waals surface area contributed by atoms with Crippen LogP contribution in [0.25, 0.3) is 0 Å². The molecule has 0 spiro atoms. The van der Waals surface area contributed by atoms with E-state index >= 15 is 0 Å². The van der Waals surface area contributed by atoms with Crippen LogP contribution < -0.4 is 0 Å². The first-order valence-corrected chi connectivity index (χ1v) is 8.57. The van der Waals surface area contributed by atoms with Gasteiger partial charge in [-0.1, -0.05) is 0 Å². The van der Waals surface area contributed by atoms with Gasteiger partial charge in [0, 0.05) is 38.6 Å². The summed E-state index contributed by atoms with van der Waals surface area (Å²) in [6.45, 7) is 5.14. The third kappa shape index (κ3) is 5.44. The molecule has 2 aliphatic rings. The summed E-state index contributed by atoms with van der Waals surface area (Å²) in [5, 5.41) is 19.2. The third-order valence-electron chi connectivity index (χ3n) is 4.96. The summed E-state index contributed by atoms with van der Waals surface area (Å²) in [6, 6.07) is 0.0961. The number of hydrogen-bond acceptors (Lipinski definition) is 5. The predicted octanol–water partition coefficient (Wildman–Crippen LogP) is -0.159. The molecule has 0 aromatic heterocycles. The molecule has 2 rings (SSSR count). The van der Waals surface area contributed by atoms with E-state index in [1.165, 1.54) is 0 Å². The minimum Gasteiger partial charge on any atom is -0.481 e. The normalized spacial score (nSPS) is 28.2. The molecule has 0 aliphatic carbocycles. The van der Waals surface area contributed by atoms with E-state index in [1.54, 1.807) is 4.90 Å². The summed E-state index contributed by atoms with van der Waals surface area (Å²) in [6.07, 6.45) is 1.92. The van der Waals surface area contributed by atoms with Gasteiger partial charge in [-0.3, -0.25) is 14.5 Å². The average Bonchev–Trinajstić information content (AvgIpc) is 2.83. The van der Waals surface area contributed by atoms with Crippen molar-refractivity contribution < 1.29 is 19.8 Å². The van der Waals surface area contributed by atoms with Crippen LogP contribution in [0.4, 0.5) is 0 Å². The number of nitrogens with zero attached hydrogens (tertiary/aromatic N) is 3. The Hall–Kier alpha value is -1.18. The highest BCUT2D eigenvalue weighted by Gasteiger charge is 2.31. The number of aliphatic carboxylic acids is 1. The number of amides is 1. The number of aliphatic hydroxyl groups excluding tert-OH is 1. The van der Waals surface area contributed by atoms with E-state index in [4.69, 9.17) is 5.11 Å². The van der Waals surface area contributed by atoms with Crippen LogP contribution >= 0.6 is 0 Å². The minimum absolute atomic E-state index is 0.0462. The fourth-order valence-electron chi connectivity index (χ4n) is 3.52. The molecule has 0 radical (unpaired) electrons. The second-order valence-electron chi connectivity index (χ2n) is 6.68. The van der Waals surface area contributed by atoms with E-state index in [9.17, 15) is 14.7 Å². The average molecular weight is 327 g/mol. The van der Waals surface area contributed by atoms with Gasteiger partial charge >= 0.3 is 5.97 Å². The third-order valence-corrected chi connectivity index (χ3v) is 4.96. The number of hydrogen-bond donors (Lipinski definition) is 2. The number of carbonyl (C=O) groups excluding carboxylic acids is 1. The molecule has 2 fully saturated rings. The molecule has 0 aromatic carbocycles. The van der Waals surface area contributed by atoms with Crippen LogP contribution in [-0.4, -0.2) is 95.3 Å². The standard InChI is InChI=1S/C16H29N3O4/c1-17-7-2-8-18(12-11-17)13-5-9-19(10-6-14(13)20)15(21)3-4-16(22)23/h13-14,20H,2-12H2,1H3,(H,22,23)/t13-,14-/m0/s1. The molecule has 2 saturated heterocycles. The Morgan fingerprint density at radius 1 is 1.00 bits per heavy atom. The van der Waals surface area contributed by atoms with Gasteiger partial charge in [-0.05, 0) is 39.4 Å². The number of rotatable bonds is 4.